The molecule has 6 nitrogen and oxygen atoms in total. The molecule has 1 amide bonds. The molecule has 3 heterocycles. The summed E-state index contributed by atoms with van der Waals surface area (Å²) in [7, 11) is 0. The van der Waals surface area contributed by atoms with E-state index in [9.17, 15) is 4.79 Å². The number of anilines is 1. The molecule has 1 aliphatic rings. The van der Waals surface area contributed by atoms with E-state index in [0.717, 1.165) is 36.8 Å². The van der Waals surface area contributed by atoms with E-state index in [-0.39, 0.29) is 11.9 Å². The minimum Gasteiger partial charge on any atom is -0.355 e. The first-order valence-electron chi connectivity index (χ1n) is 7.41. The Balaban J connectivity index is 1.67. The van der Waals surface area contributed by atoms with Crippen molar-refractivity contribution in [3.8, 4) is 0 Å². The standard InChI is InChI=1S/C15H19N5OS/c1-11(21)19-14(15-18-6-9-22-15)12-2-7-20(8-3-12)13-10-16-4-5-17-13/h4-6,9-10,12,14H,2-3,7-8H2,1H3,(H,19,21). The number of thiazole rings is 1. The molecule has 0 spiro atoms. The molecule has 116 valence electrons. The molecule has 0 aromatic carbocycles. The first kappa shape index (κ1) is 14.9. The summed E-state index contributed by atoms with van der Waals surface area (Å²) in [5.41, 5.74) is 0. The molecule has 0 radical (unpaired) electrons. The SMILES string of the molecule is CC(=O)NC(c1nccs1)C1CCN(c2cnccn2)CC1. The average Bonchev–Trinajstić information content (AvgIpc) is 3.08. The topological polar surface area (TPSA) is 71.0 Å². The maximum atomic E-state index is 11.5. The molecule has 0 bridgehead atoms. The van der Waals surface area contributed by atoms with Gasteiger partial charge in [0.05, 0.1) is 12.2 Å². The van der Waals surface area contributed by atoms with Crippen LogP contribution in [0.5, 0.6) is 0 Å². The van der Waals surface area contributed by atoms with Gasteiger partial charge in [-0.15, -0.1) is 11.3 Å². The van der Waals surface area contributed by atoms with Crippen LogP contribution in [0.15, 0.2) is 30.2 Å². The summed E-state index contributed by atoms with van der Waals surface area (Å²) in [6.07, 6.45) is 9.00. The summed E-state index contributed by atoms with van der Waals surface area (Å²) in [5, 5.41) is 6.02. The molecule has 1 atom stereocenters. The molecule has 1 saturated heterocycles. The minimum atomic E-state index is -0.00319. The van der Waals surface area contributed by atoms with Crippen molar-refractivity contribution in [1.29, 1.82) is 0 Å². The lowest BCUT2D eigenvalue weighted by Crippen LogP contribution is -2.40. The molecule has 7 heteroatoms. The van der Waals surface area contributed by atoms with Crippen LogP contribution in [0.1, 0.15) is 30.8 Å². The van der Waals surface area contributed by atoms with Gasteiger partial charge in [0.15, 0.2) is 0 Å². The number of rotatable bonds is 4. The highest BCUT2D eigenvalue weighted by Gasteiger charge is 2.30. The quantitative estimate of drug-likeness (QED) is 0.934. The maximum Gasteiger partial charge on any atom is 0.217 e. The van der Waals surface area contributed by atoms with Gasteiger partial charge in [0, 0.05) is 44.0 Å². The largest absolute Gasteiger partial charge is 0.355 e. The number of hydrogen-bond acceptors (Lipinski definition) is 6. The van der Waals surface area contributed by atoms with Crippen LogP contribution in [0.2, 0.25) is 0 Å². The number of hydrogen-bond donors (Lipinski definition) is 1. The number of nitrogens with zero attached hydrogens (tertiary/aromatic N) is 4. The molecular formula is C15H19N5OS. The van der Waals surface area contributed by atoms with Gasteiger partial charge in [-0.2, -0.15) is 0 Å². The van der Waals surface area contributed by atoms with Gasteiger partial charge in [-0.1, -0.05) is 0 Å². The Morgan fingerprint density at radius 1 is 1.32 bits per heavy atom. The summed E-state index contributed by atoms with van der Waals surface area (Å²) in [4.78, 5) is 26.6. The fourth-order valence-corrected chi connectivity index (χ4v) is 3.69. The van der Waals surface area contributed by atoms with Crippen molar-refractivity contribution in [2.45, 2.75) is 25.8 Å². The Labute approximate surface area is 133 Å². The minimum absolute atomic E-state index is 0.00319. The first-order chi connectivity index (χ1) is 10.7. The summed E-state index contributed by atoms with van der Waals surface area (Å²) in [6.45, 7) is 3.41. The summed E-state index contributed by atoms with van der Waals surface area (Å²) >= 11 is 1.60. The van der Waals surface area contributed by atoms with Gasteiger partial charge in [0.1, 0.15) is 10.8 Å². The molecule has 1 aliphatic heterocycles. The highest BCUT2D eigenvalue weighted by Crippen LogP contribution is 2.32. The fraction of sp³-hybridized carbons (Fsp3) is 0.467. The van der Waals surface area contributed by atoms with Crippen LogP contribution in [0.4, 0.5) is 5.82 Å². The van der Waals surface area contributed by atoms with Crippen molar-refractivity contribution in [1.82, 2.24) is 20.3 Å². The van der Waals surface area contributed by atoms with E-state index < -0.39 is 0 Å². The van der Waals surface area contributed by atoms with Gasteiger partial charge in [0.25, 0.3) is 0 Å². The van der Waals surface area contributed by atoms with E-state index in [1.165, 1.54) is 0 Å². The third-order valence-electron chi connectivity index (χ3n) is 3.96. The summed E-state index contributed by atoms with van der Waals surface area (Å²) < 4.78 is 0. The normalized spacial score (nSPS) is 17.2. The smallest absolute Gasteiger partial charge is 0.217 e. The van der Waals surface area contributed by atoms with Crippen molar-refractivity contribution < 1.29 is 4.79 Å². The van der Waals surface area contributed by atoms with Gasteiger partial charge in [-0.3, -0.25) is 9.78 Å². The van der Waals surface area contributed by atoms with Crippen molar-refractivity contribution >= 4 is 23.1 Å². The molecule has 2 aromatic rings. The highest BCUT2D eigenvalue weighted by molar-refractivity contribution is 7.09. The predicted molar refractivity (Wildman–Crippen MR) is 85.6 cm³/mol. The van der Waals surface area contributed by atoms with Gasteiger partial charge in [0.2, 0.25) is 5.91 Å². The first-order valence-corrected chi connectivity index (χ1v) is 8.29. The summed E-state index contributed by atoms with van der Waals surface area (Å²) in [6, 6.07) is 0.0153. The van der Waals surface area contributed by atoms with E-state index in [1.54, 1.807) is 43.0 Å². The zero-order chi connectivity index (χ0) is 15.4. The van der Waals surface area contributed by atoms with E-state index >= 15 is 0 Å². The number of nitrogens with one attached hydrogen (secondary N) is 1. The molecule has 1 N–H and O–H groups in total. The second kappa shape index (κ2) is 6.83. The number of piperidine rings is 1. The Kier molecular flexibility index (Phi) is 4.62. The molecule has 22 heavy (non-hydrogen) atoms. The Morgan fingerprint density at radius 3 is 2.73 bits per heavy atom. The van der Waals surface area contributed by atoms with Crippen LogP contribution in [0.3, 0.4) is 0 Å². The zero-order valence-corrected chi connectivity index (χ0v) is 13.3. The second-order valence-corrected chi connectivity index (χ2v) is 6.36. The fourth-order valence-electron chi connectivity index (χ4n) is 2.90. The van der Waals surface area contributed by atoms with Gasteiger partial charge >= 0.3 is 0 Å². The molecule has 0 saturated carbocycles. The Morgan fingerprint density at radius 2 is 2.14 bits per heavy atom. The number of aromatic nitrogens is 3. The van der Waals surface area contributed by atoms with Gasteiger partial charge < -0.3 is 10.2 Å². The lowest BCUT2D eigenvalue weighted by Gasteiger charge is -2.36. The van der Waals surface area contributed by atoms with Crippen molar-refractivity contribution in [2.75, 3.05) is 18.0 Å². The van der Waals surface area contributed by atoms with Crippen LogP contribution in [-0.2, 0) is 4.79 Å². The lowest BCUT2D eigenvalue weighted by molar-refractivity contribution is -0.120. The average molecular weight is 317 g/mol. The summed E-state index contributed by atoms with van der Waals surface area (Å²) in [5.74, 6) is 1.32. The lowest BCUT2D eigenvalue weighted by atomic mass is 9.89. The molecule has 0 aliphatic carbocycles. The van der Waals surface area contributed by atoms with E-state index in [0.29, 0.717) is 5.92 Å². The van der Waals surface area contributed by atoms with Gasteiger partial charge in [-0.25, -0.2) is 9.97 Å². The van der Waals surface area contributed by atoms with Gasteiger partial charge in [-0.05, 0) is 18.8 Å². The zero-order valence-electron chi connectivity index (χ0n) is 12.5. The van der Waals surface area contributed by atoms with E-state index in [1.807, 2.05) is 5.38 Å². The maximum absolute atomic E-state index is 11.5. The van der Waals surface area contributed by atoms with Crippen LogP contribution >= 0.6 is 11.3 Å². The van der Waals surface area contributed by atoms with Crippen LogP contribution in [-0.4, -0.2) is 33.9 Å². The number of carbonyl (C=O) groups excluding carboxylic acids is 1. The molecular weight excluding hydrogens is 298 g/mol. The van der Waals surface area contributed by atoms with E-state index in [2.05, 4.69) is 25.2 Å². The second-order valence-electron chi connectivity index (χ2n) is 5.44. The monoisotopic (exact) mass is 317 g/mol. The number of amides is 1. The molecule has 1 fully saturated rings. The van der Waals surface area contributed by atoms with E-state index in [4.69, 9.17) is 0 Å². The molecule has 3 rings (SSSR count). The predicted octanol–water partition coefficient (Wildman–Crippen LogP) is 2.03. The van der Waals surface area contributed by atoms with Crippen LogP contribution in [0, 0.1) is 5.92 Å². The van der Waals surface area contributed by atoms with Crippen molar-refractivity contribution in [3.05, 3.63) is 35.2 Å². The van der Waals surface area contributed by atoms with Crippen molar-refractivity contribution in [3.63, 3.8) is 0 Å². The molecule has 1 unspecified atom stereocenters. The molecule has 2 aromatic heterocycles. The third-order valence-corrected chi connectivity index (χ3v) is 4.82. The Bertz CT molecular complexity index is 596. The highest BCUT2D eigenvalue weighted by atomic mass is 32.1. The van der Waals surface area contributed by atoms with Crippen LogP contribution < -0.4 is 10.2 Å². The Hall–Kier alpha value is -2.02. The van der Waals surface area contributed by atoms with Crippen molar-refractivity contribution in [2.24, 2.45) is 5.92 Å². The van der Waals surface area contributed by atoms with Crippen LogP contribution in [0.25, 0.3) is 0 Å². The number of carbonyl (C=O) groups is 1. The third kappa shape index (κ3) is 3.41.